The van der Waals surface area contributed by atoms with E-state index in [1.165, 1.54) is 0 Å². The Hall–Kier alpha value is -3.68. The third-order valence-corrected chi connectivity index (χ3v) is 5.10. The van der Waals surface area contributed by atoms with Crippen LogP contribution in [0.5, 0.6) is 0 Å². The molecule has 1 aromatic heterocycles. The number of nitrogens with zero attached hydrogens (tertiary/aromatic N) is 2. The van der Waals surface area contributed by atoms with E-state index in [0.717, 1.165) is 33.7 Å². The van der Waals surface area contributed by atoms with Crippen LogP contribution in [0, 0.1) is 5.92 Å². The summed E-state index contributed by atoms with van der Waals surface area (Å²) in [6.45, 7) is 4.44. The third-order valence-electron chi connectivity index (χ3n) is 5.10. The summed E-state index contributed by atoms with van der Waals surface area (Å²) in [7, 11) is 0. The smallest absolute Gasteiger partial charge is 0.325 e. The molecule has 3 aromatic rings. The highest BCUT2D eigenvalue weighted by Crippen LogP contribution is 2.20. The van der Waals surface area contributed by atoms with Crippen molar-refractivity contribution in [2.75, 3.05) is 5.32 Å². The minimum absolute atomic E-state index is 0.129. The number of imidazole rings is 1. The average Bonchev–Trinajstić information content (AvgIpc) is 3.23. The summed E-state index contributed by atoms with van der Waals surface area (Å²) < 4.78 is 0. The SMILES string of the molecule is CC(C)Cc1nc2ccc(NC(=O)CC3NC(=O)N(Cc4ccccc4)C3=O)cc2[nH]1. The van der Waals surface area contributed by atoms with E-state index in [0.29, 0.717) is 11.6 Å². The average molecular weight is 419 g/mol. The number of fused-ring (bicyclic) bond motifs is 1. The highest BCUT2D eigenvalue weighted by Gasteiger charge is 2.38. The number of hydrogen-bond donors (Lipinski definition) is 3. The van der Waals surface area contributed by atoms with Gasteiger partial charge in [0, 0.05) is 12.1 Å². The van der Waals surface area contributed by atoms with E-state index in [4.69, 9.17) is 0 Å². The van der Waals surface area contributed by atoms with Crippen molar-refractivity contribution in [3.63, 3.8) is 0 Å². The molecule has 1 aliphatic rings. The van der Waals surface area contributed by atoms with Crippen LogP contribution in [0.15, 0.2) is 48.5 Å². The molecule has 2 aromatic carbocycles. The number of imide groups is 1. The van der Waals surface area contributed by atoms with E-state index >= 15 is 0 Å². The van der Waals surface area contributed by atoms with Crippen LogP contribution < -0.4 is 10.6 Å². The Bertz CT molecular complexity index is 1120. The molecule has 3 N–H and O–H groups in total. The van der Waals surface area contributed by atoms with Crippen LogP contribution in [-0.2, 0) is 22.6 Å². The summed E-state index contributed by atoms with van der Waals surface area (Å²) in [6, 6.07) is 13.3. The molecule has 31 heavy (non-hydrogen) atoms. The van der Waals surface area contributed by atoms with Crippen LogP contribution in [0.2, 0.25) is 0 Å². The fourth-order valence-electron chi connectivity index (χ4n) is 3.65. The maximum absolute atomic E-state index is 12.6. The lowest BCUT2D eigenvalue weighted by Crippen LogP contribution is -2.34. The number of H-pyrrole nitrogens is 1. The fraction of sp³-hybridized carbons (Fsp3) is 0.304. The molecule has 1 fully saturated rings. The van der Waals surface area contributed by atoms with Crippen molar-refractivity contribution in [3.05, 3.63) is 59.9 Å². The van der Waals surface area contributed by atoms with Crippen molar-refractivity contribution in [2.45, 2.75) is 39.3 Å². The first-order chi connectivity index (χ1) is 14.9. The second-order valence-corrected chi connectivity index (χ2v) is 8.18. The Morgan fingerprint density at radius 2 is 1.94 bits per heavy atom. The van der Waals surface area contributed by atoms with Crippen molar-refractivity contribution >= 4 is 34.6 Å². The molecule has 0 spiro atoms. The molecule has 1 aliphatic heterocycles. The third kappa shape index (κ3) is 4.74. The number of aromatic amines is 1. The molecule has 160 valence electrons. The second kappa shape index (κ2) is 8.59. The largest absolute Gasteiger partial charge is 0.342 e. The number of benzene rings is 2. The van der Waals surface area contributed by atoms with E-state index < -0.39 is 18.0 Å². The number of urea groups is 1. The molecule has 0 bridgehead atoms. The van der Waals surface area contributed by atoms with Crippen molar-refractivity contribution in [1.29, 1.82) is 0 Å². The summed E-state index contributed by atoms with van der Waals surface area (Å²) >= 11 is 0. The zero-order valence-electron chi connectivity index (χ0n) is 17.5. The fourth-order valence-corrected chi connectivity index (χ4v) is 3.65. The minimum Gasteiger partial charge on any atom is -0.342 e. The molecule has 2 heterocycles. The van der Waals surface area contributed by atoms with Crippen LogP contribution in [0.4, 0.5) is 10.5 Å². The van der Waals surface area contributed by atoms with Gasteiger partial charge in [0.05, 0.1) is 24.0 Å². The topological polar surface area (TPSA) is 107 Å². The second-order valence-electron chi connectivity index (χ2n) is 8.18. The number of carbonyl (C=O) groups excluding carboxylic acids is 3. The molecule has 4 amide bonds. The maximum Gasteiger partial charge on any atom is 0.325 e. The number of hydrogen-bond acceptors (Lipinski definition) is 4. The van der Waals surface area contributed by atoms with Gasteiger partial charge in [-0.05, 0) is 29.7 Å². The molecule has 0 radical (unpaired) electrons. The molecule has 0 saturated carbocycles. The van der Waals surface area contributed by atoms with Gasteiger partial charge in [-0.2, -0.15) is 0 Å². The predicted octanol–water partition coefficient (Wildman–Crippen LogP) is 3.21. The summed E-state index contributed by atoms with van der Waals surface area (Å²) in [5.74, 6) is 0.652. The summed E-state index contributed by atoms with van der Waals surface area (Å²) in [5, 5.41) is 5.40. The molecule has 1 atom stereocenters. The molecule has 8 nitrogen and oxygen atoms in total. The number of carbonyl (C=O) groups is 3. The van der Waals surface area contributed by atoms with E-state index in [2.05, 4.69) is 34.4 Å². The zero-order chi connectivity index (χ0) is 22.0. The number of anilines is 1. The molecule has 1 saturated heterocycles. The first-order valence-electron chi connectivity index (χ1n) is 10.3. The molecule has 8 heteroatoms. The van der Waals surface area contributed by atoms with Crippen molar-refractivity contribution in [1.82, 2.24) is 20.2 Å². The lowest BCUT2D eigenvalue weighted by Gasteiger charge is -2.13. The molecule has 0 aliphatic carbocycles. The van der Waals surface area contributed by atoms with Crippen LogP contribution in [0.1, 0.15) is 31.7 Å². The predicted molar refractivity (Wildman–Crippen MR) is 117 cm³/mol. The molecular formula is C23H25N5O3. The number of amides is 4. The van der Waals surface area contributed by atoms with Gasteiger partial charge in [0.25, 0.3) is 5.91 Å². The highest BCUT2D eigenvalue weighted by molar-refractivity contribution is 6.07. The lowest BCUT2D eigenvalue weighted by molar-refractivity contribution is -0.130. The highest BCUT2D eigenvalue weighted by atomic mass is 16.2. The van der Waals surface area contributed by atoms with Gasteiger partial charge in [0.15, 0.2) is 0 Å². The van der Waals surface area contributed by atoms with Gasteiger partial charge < -0.3 is 15.6 Å². The molecular weight excluding hydrogens is 394 g/mol. The number of rotatable bonds is 7. The van der Waals surface area contributed by atoms with Crippen LogP contribution in [0.3, 0.4) is 0 Å². The van der Waals surface area contributed by atoms with Gasteiger partial charge in [-0.15, -0.1) is 0 Å². The van der Waals surface area contributed by atoms with Gasteiger partial charge >= 0.3 is 6.03 Å². The molecule has 4 rings (SSSR count). The quantitative estimate of drug-likeness (QED) is 0.511. The summed E-state index contributed by atoms with van der Waals surface area (Å²) in [4.78, 5) is 46.3. The Morgan fingerprint density at radius 1 is 1.16 bits per heavy atom. The van der Waals surface area contributed by atoms with Gasteiger partial charge in [0.2, 0.25) is 5.91 Å². The van der Waals surface area contributed by atoms with E-state index in [1.54, 1.807) is 6.07 Å². The normalized spacial score (nSPS) is 16.2. The van der Waals surface area contributed by atoms with Crippen molar-refractivity contribution in [3.8, 4) is 0 Å². The van der Waals surface area contributed by atoms with Crippen molar-refractivity contribution in [2.24, 2.45) is 5.92 Å². The zero-order valence-corrected chi connectivity index (χ0v) is 17.5. The lowest BCUT2D eigenvalue weighted by atomic mass is 10.1. The minimum atomic E-state index is -0.871. The summed E-state index contributed by atoms with van der Waals surface area (Å²) in [5.41, 5.74) is 3.13. The monoisotopic (exact) mass is 419 g/mol. The van der Waals surface area contributed by atoms with Crippen LogP contribution in [-0.4, -0.2) is 38.8 Å². The first-order valence-corrected chi connectivity index (χ1v) is 10.3. The maximum atomic E-state index is 12.6. The van der Waals surface area contributed by atoms with Gasteiger partial charge in [-0.1, -0.05) is 44.2 Å². The first kappa shape index (κ1) is 20.6. The standard InChI is InChI=1S/C23H25N5O3/c1-14(2)10-20-25-17-9-8-16(11-18(17)26-20)24-21(29)12-19-22(30)28(23(31)27-19)13-15-6-4-3-5-7-15/h3-9,11,14,19H,10,12-13H2,1-2H3,(H,24,29)(H,25,26)(H,27,31). The van der Waals surface area contributed by atoms with Crippen LogP contribution >= 0.6 is 0 Å². The van der Waals surface area contributed by atoms with Gasteiger partial charge in [0.1, 0.15) is 11.9 Å². The van der Waals surface area contributed by atoms with Gasteiger partial charge in [-0.25, -0.2) is 9.78 Å². The Balaban J connectivity index is 1.38. The number of nitrogens with one attached hydrogen (secondary N) is 3. The number of aromatic nitrogens is 2. The van der Waals surface area contributed by atoms with Crippen molar-refractivity contribution < 1.29 is 14.4 Å². The van der Waals surface area contributed by atoms with Gasteiger partial charge in [-0.3, -0.25) is 14.5 Å². The summed E-state index contributed by atoms with van der Waals surface area (Å²) in [6.07, 6.45) is 0.717. The molecule has 1 unspecified atom stereocenters. The Kier molecular flexibility index (Phi) is 5.70. The Labute approximate surface area is 180 Å². The van der Waals surface area contributed by atoms with E-state index in [-0.39, 0.29) is 18.9 Å². The van der Waals surface area contributed by atoms with E-state index in [9.17, 15) is 14.4 Å². The van der Waals surface area contributed by atoms with Crippen LogP contribution in [0.25, 0.3) is 11.0 Å². The van der Waals surface area contributed by atoms with E-state index in [1.807, 2.05) is 42.5 Å². The Morgan fingerprint density at radius 3 is 2.68 bits per heavy atom.